The van der Waals surface area contributed by atoms with E-state index in [9.17, 15) is 8.42 Å². The molecule has 0 aliphatic rings. The maximum atomic E-state index is 11.1. The van der Waals surface area contributed by atoms with E-state index < -0.39 is 15.9 Å². The molecule has 5 nitrogen and oxygen atoms in total. The maximum Gasteiger partial charge on any atom is 0.148 e. The molecule has 1 rings (SSSR count). The number of nitrogens with zero attached hydrogens (tertiary/aromatic N) is 2. The highest BCUT2D eigenvalue weighted by Crippen LogP contribution is 2.21. The fraction of sp³-hybridized carbons (Fsp3) is 0.700. The highest BCUT2D eigenvalue weighted by molar-refractivity contribution is 7.90. The second kappa shape index (κ2) is 5.37. The lowest BCUT2D eigenvalue weighted by Crippen LogP contribution is -2.32. The Morgan fingerprint density at radius 1 is 1.53 bits per heavy atom. The predicted octanol–water partition coefficient (Wildman–Crippen LogP) is 0.779. The molecule has 1 unspecified atom stereocenters. The molecule has 0 saturated heterocycles. The second-order valence-corrected chi connectivity index (χ2v) is 6.78. The standard InChI is InChI=1S/C10H18ClN3O2S/c1-4-14-9(10(11)7(2)13-14)5-8(12)6-17(3,15)16/h8H,4-6,12H2,1-3H3. The summed E-state index contributed by atoms with van der Waals surface area (Å²) in [6, 6.07) is -0.455. The zero-order valence-electron chi connectivity index (χ0n) is 10.3. The monoisotopic (exact) mass is 279 g/mol. The molecular weight excluding hydrogens is 262 g/mol. The van der Waals surface area contributed by atoms with Crippen molar-refractivity contribution in [2.45, 2.75) is 32.9 Å². The normalized spacial score (nSPS) is 13.9. The summed E-state index contributed by atoms with van der Waals surface area (Å²) in [5, 5.41) is 4.84. The topological polar surface area (TPSA) is 78.0 Å². The molecule has 0 bridgehead atoms. The largest absolute Gasteiger partial charge is 0.326 e. The lowest BCUT2D eigenvalue weighted by Gasteiger charge is -2.11. The smallest absolute Gasteiger partial charge is 0.148 e. The number of hydrogen-bond acceptors (Lipinski definition) is 4. The fourth-order valence-electron chi connectivity index (χ4n) is 1.76. The first-order valence-corrected chi connectivity index (χ1v) is 7.83. The lowest BCUT2D eigenvalue weighted by molar-refractivity contribution is 0.574. The van der Waals surface area contributed by atoms with Gasteiger partial charge in [0.1, 0.15) is 9.84 Å². The number of rotatable bonds is 5. The zero-order valence-corrected chi connectivity index (χ0v) is 11.8. The molecule has 2 N–H and O–H groups in total. The Bertz CT molecular complexity index is 496. The van der Waals surface area contributed by atoms with Gasteiger partial charge in [-0.1, -0.05) is 11.6 Å². The summed E-state index contributed by atoms with van der Waals surface area (Å²) in [6.07, 6.45) is 1.59. The molecule has 1 aromatic heterocycles. The summed E-state index contributed by atoms with van der Waals surface area (Å²) in [7, 11) is -3.07. The molecule has 0 aliphatic carbocycles. The third-order valence-electron chi connectivity index (χ3n) is 2.43. The molecule has 0 saturated carbocycles. The summed E-state index contributed by atoms with van der Waals surface area (Å²) in [5.74, 6) is -0.0444. The SMILES string of the molecule is CCn1nc(C)c(Cl)c1CC(N)CS(C)(=O)=O. The van der Waals surface area contributed by atoms with E-state index >= 15 is 0 Å². The van der Waals surface area contributed by atoms with Crippen LogP contribution in [0.25, 0.3) is 0 Å². The number of aryl methyl sites for hydroxylation is 2. The van der Waals surface area contributed by atoms with Gasteiger partial charge in [-0.05, 0) is 13.8 Å². The van der Waals surface area contributed by atoms with Crippen LogP contribution in [0, 0.1) is 6.92 Å². The molecule has 0 spiro atoms. The summed E-state index contributed by atoms with van der Waals surface area (Å²) < 4.78 is 24.0. The van der Waals surface area contributed by atoms with Crippen LogP contribution in [0.3, 0.4) is 0 Å². The molecule has 0 aromatic carbocycles. The van der Waals surface area contributed by atoms with E-state index in [0.29, 0.717) is 18.0 Å². The fourth-order valence-corrected chi connectivity index (χ4v) is 2.87. The van der Waals surface area contributed by atoms with Crippen molar-refractivity contribution in [3.05, 3.63) is 16.4 Å². The number of hydrogen-bond donors (Lipinski definition) is 1. The Morgan fingerprint density at radius 2 is 2.12 bits per heavy atom. The minimum absolute atomic E-state index is 0.0444. The van der Waals surface area contributed by atoms with Gasteiger partial charge in [-0.2, -0.15) is 5.10 Å². The van der Waals surface area contributed by atoms with Crippen molar-refractivity contribution in [2.24, 2.45) is 5.73 Å². The van der Waals surface area contributed by atoms with E-state index in [1.165, 1.54) is 6.26 Å². The van der Waals surface area contributed by atoms with E-state index in [0.717, 1.165) is 11.4 Å². The van der Waals surface area contributed by atoms with Crippen LogP contribution in [0.5, 0.6) is 0 Å². The number of halogens is 1. The molecule has 1 aromatic rings. The van der Waals surface area contributed by atoms with Crippen molar-refractivity contribution in [3.63, 3.8) is 0 Å². The Morgan fingerprint density at radius 3 is 2.59 bits per heavy atom. The first-order chi connectivity index (χ1) is 7.74. The zero-order chi connectivity index (χ0) is 13.2. The molecule has 0 aliphatic heterocycles. The van der Waals surface area contributed by atoms with E-state index in [2.05, 4.69) is 5.10 Å². The van der Waals surface area contributed by atoms with Crippen LogP contribution in [0.2, 0.25) is 5.02 Å². The summed E-state index contributed by atoms with van der Waals surface area (Å²) in [5.41, 5.74) is 7.37. The van der Waals surface area contributed by atoms with Gasteiger partial charge in [-0.25, -0.2) is 8.42 Å². The number of aromatic nitrogens is 2. The quantitative estimate of drug-likeness (QED) is 0.864. The van der Waals surface area contributed by atoms with Crippen LogP contribution in [-0.4, -0.2) is 36.2 Å². The second-order valence-electron chi connectivity index (χ2n) is 4.22. The van der Waals surface area contributed by atoms with E-state index in [4.69, 9.17) is 17.3 Å². The molecule has 0 fully saturated rings. The number of nitrogens with two attached hydrogens (primary N) is 1. The van der Waals surface area contributed by atoms with Crippen molar-refractivity contribution in [2.75, 3.05) is 12.0 Å². The van der Waals surface area contributed by atoms with Gasteiger partial charge in [0.05, 0.1) is 22.2 Å². The highest BCUT2D eigenvalue weighted by atomic mass is 35.5. The third kappa shape index (κ3) is 3.97. The Balaban J connectivity index is 2.88. The Labute approximate surface area is 107 Å². The number of sulfone groups is 1. The van der Waals surface area contributed by atoms with Crippen molar-refractivity contribution in [1.29, 1.82) is 0 Å². The van der Waals surface area contributed by atoms with E-state index in [-0.39, 0.29) is 5.75 Å². The van der Waals surface area contributed by atoms with Crippen molar-refractivity contribution in [1.82, 2.24) is 9.78 Å². The van der Waals surface area contributed by atoms with Gasteiger partial charge in [-0.15, -0.1) is 0 Å². The maximum absolute atomic E-state index is 11.1. The van der Waals surface area contributed by atoms with E-state index in [1.54, 1.807) is 4.68 Å². The minimum atomic E-state index is -3.07. The first kappa shape index (κ1) is 14.5. The van der Waals surface area contributed by atoms with Crippen LogP contribution < -0.4 is 5.73 Å². The molecule has 0 radical (unpaired) electrons. The first-order valence-electron chi connectivity index (χ1n) is 5.39. The lowest BCUT2D eigenvalue weighted by atomic mass is 10.2. The van der Waals surface area contributed by atoms with Crippen LogP contribution in [-0.2, 0) is 22.8 Å². The van der Waals surface area contributed by atoms with E-state index in [1.807, 2.05) is 13.8 Å². The van der Waals surface area contributed by atoms with Crippen molar-refractivity contribution in [3.8, 4) is 0 Å². The molecular formula is C10H18ClN3O2S. The van der Waals surface area contributed by atoms with Gasteiger partial charge in [-0.3, -0.25) is 4.68 Å². The van der Waals surface area contributed by atoms with Crippen LogP contribution in [0.4, 0.5) is 0 Å². The molecule has 0 amide bonds. The predicted molar refractivity (Wildman–Crippen MR) is 69.0 cm³/mol. The van der Waals surface area contributed by atoms with Crippen LogP contribution in [0.1, 0.15) is 18.3 Å². The average Bonchev–Trinajstić information content (AvgIpc) is 2.42. The third-order valence-corrected chi connectivity index (χ3v) is 3.95. The highest BCUT2D eigenvalue weighted by Gasteiger charge is 2.18. The Kier molecular flexibility index (Phi) is 4.57. The van der Waals surface area contributed by atoms with Gasteiger partial charge in [0.2, 0.25) is 0 Å². The van der Waals surface area contributed by atoms with Crippen molar-refractivity contribution >= 4 is 21.4 Å². The average molecular weight is 280 g/mol. The van der Waals surface area contributed by atoms with Gasteiger partial charge < -0.3 is 5.73 Å². The van der Waals surface area contributed by atoms with Gasteiger partial charge >= 0.3 is 0 Å². The van der Waals surface area contributed by atoms with Gasteiger partial charge in [0.25, 0.3) is 0 Å². The molecule has 1 atom stereocenters. The molecule has 17 heavy (non-hydrogen) atoms. The minimum Gasteiger partial charge on any atom is -0.326 e. The molecule has 98 valence electrons. The van der Waals surface area contributed by atoms with Crippen molar-refractivity contribution < 1.29 is 8.42 Å². The summed E-state index contributed by atoms with van der Waals surface area (Å²) >= 11 is 6.12. The Hall–Kier alpha value is -0.590. The molecule has 1 heterocycles. The summed E-state index contributed by atoms with van der Waals surface area (Å²) in [4.78, 5) is 0. The van der Waals surface area contributed by atoms with Gasteiger partial charge in [0, 0.05) is 25.3 Å². The summed E-state index contributed by atoms with van der Waals surface area (Å²) in [6.45, 7) is 4.46. The molecule has 7 heteroatoms. The van der Waals surface area contributed by atoms with Gasteiger partial charge in [0.15, 0.2) is 0 Å². The van der Waals surface area contributed by atoms with Crippen LogP contribution >= 0.6 is 11.6 Å². The van der Waals surface area contributed by atoms with Crippen LogP contribution in [0.15, 0.2) is 0 Å².